The average Bonchev–Trinajstić information content (AvgIpc) is 2.16. The molecule has 13 heavy (non-hydrogen) atoms. The molecule has 2 N–H and O–H groups in total. The van der Waals surface area contributed by atoms with Gasteiger partial charge in [0.15, 0.2) is 6.29 Å². The highest BCUT2D eigenvalue weighted by Gasteiger charge is 2.09. The fraction of sp³-hybridized carbons (Fsp3) is 0.250. The molecule has 0 bridgehead atoms. The Hall–Kier alpha value is -1.36. The second-order valence-electron chi connectivity index (χ2n) is 2.44. The molecule has 0 amide bonds. The Morgan fingerprint density at radius 3 is 2.69 bits per heavy atom. The third-order valence-electron chi connectivity index (χ3n) is 1.50. The van der Waals surface area contributed by atoms with Crippen LogP contribution >= 0.6 is 0 Å². The first-order valence-corrected chi connectivity index (χ1v) is 3.61. The van der Waals surface area contributed by atoms with Crippen LogP contribution in [-0.2, 0) is 6.54 Å². The number of hydrogen-bond acceptors (Lipinski definition) is 3. The number of carbonyl (C=O) groups is 1. The minimum absolute atomic E-state index is 0.0155. The standard InChI is InChI=1S/C8H8F2N2O/c9-8(10)5-1-6(3-11)12-7(2-5)4-13/h1-2,4,8H,3,11H2. The lowest BCUT2D eigenvalue weighted by molar-refractivity contribution is 0.111. The van der Waals surface area contributed by atoms with Crippen molar-refractivity contribution in [1.29, 1.82) is 0 Å². The molecule has 0 aliphatic carbocycles. The summed E-state index contributed by atoms with van der Waals surface area (Å²) in [6, 6.07) is 2.24. The first-order chi connectivity index (χ1) is 6.17. The Labute approximate surface area is 73.6 Å². The highest BCUT2D eigenvalue weighted by molar-refractivity contribution is 5.72. The zero-order valence-corrected chi connectivity index (χ0v) is 6.71. The molecule has 1 heterocycles. The number of aromatic nitrogens is 1. The monoisotopic (exact) mass is 186 g/mol. The van der Waals surface area contributed by atoms with Gasteiger partial charge in [0, 0.05) is 12.1 Å². The van der Waals surface area contributed by atoms with E-state index in [2.05, 4.69) is 4.98 Å². The van der Waals surface area contributed by atoms with Crippen LogP contribution < -0.4 is 5.73 Å². The molecule has 0 aromatic carbocycles. The first kappa shape index (κ1) is 9.73. The Bertz CT molecular complexity index is 315. The lowest BCUT2D eigenvalue weighted by atomic mass is 10.2. The normalized spacial score (nSPS) is 10.5. The molecule has 1 aromatic rings. The predicted molar refractivity (Wildman–Crippen MR) is 42.5 cm³/mol. The van der Waals surface area contributed by atoms with E-state index in [4.69, 9.17) is 5.73 Å². The molecule has 0 fully saturated rings. The van der Waals surface area contributed by atoms with Crippen LogP contribution in [0.15, 0.2) is 12.1 Å². The van der Waals surface area contributed by atoms with Crippen LogP contribution in [0, 0.1) is 0 Å². The van der Waals surface area contributed by atoms with E-state index in [9.17, 15) is 13.6 Å². The van der Waals surface area contributed by atoms with Crippen LogP contribution in [0.3, 0.4) is 0 Å². The molecular weight excluding hydrogens is 178 g/mol. The number of alkyl halides is 2. The van der Waals surface area contributed by atoms with E-state index >= 15 is 0 Å². The third-order valence-corrected chi connectivity index (χ3v) is 1.50. The average molecular weight is 186 g/mol. The highest BCUT2D eigenvalue weighted by atomic mass is 19.3. The second kappa shape index (κ2) is 4.04. The van der Waals surface area contributed by atoms with Gasteiger partial charge in [0.2, 0.25) is 0 Å². The number of rotatable bonds is 3. The molecule has 0 atom stereocenters. The topological polar surface area (TPSA) is 56.0 Å². The quantitative estimate of drug-likeness (QED) is 0.723. The first-order valence-electron chi connectivity index (χ1n) is 3.61. The lowest BCUT2D eigenvalue weighted by Gasteiger charge is -2.02. The maximum absolute atomic E-state index is 12.2. The number of nitrogens with zero attached hydrogens (tertiary/aromatic N) is 1. The number of carbonyl (C=O) groups excluding carboxylic acids is 1. The van der Waals surface area contributed by atoms with Gasteiger partial charge < -0.3 is 5.73 Å². The van der Waals surface area contributed by atoms with Gasteiger partial charge in [0.05, 0.1) is 5.69 Å². The van der Waals surface area contributed by atoms with Crippen LogP contribution in [0.5, 0.6) is 0 Å². The summed E-state index contributed by atoms with van der Waals surface area (Å²) in [6.45, 7) is 0.0431. The molecule has 0 radical (unpaired) electrons. The van der Waals surface area contributed by atoms with Crippen molar-refractivity contribution in [2.75, 3.05) is 0 Å². The van der Waals surface area contributed by atoms with Gasteiger partial charge in [-0.15, -0.1) is 0 Å². The van der Waals surface area contributed by atoms with E-state index < -0.39 is 6.43 Å². The molecule has 3 nitrogen and oxygen atoms in total. The Balaban J connectivity index is 3.14. The lowest BCUT2D eigenvalue weighted by Crippen LogP contribution is -2.03. The molecule has 0 aliphatic heterocycles. The fourth-order valence-electron chi connectivity index (χ4n) is 0.926. The summed E-state index contributed by atoms with van der Waals surface area (Å²) in [7, 11) is 0. The number of nitrogens with two attached hydrogens (primary N) is 1. The van der Waals surface area contributed by atoms with E-state index in [1.54, 1.807) is 0 Å². The van der Waals surface area contributed by atoms with Gasteiger partial charge in [-0.25, -0.2) is 13.8 Å². The number of hydrogen-bond donors (Lipinski definition) is 1. The maximum atomic E-state index is 12.2. The predicted octanol–water partition coefficient (Wildman–Crippen LogP) is 1.29. The molecule has 1 rings (SSSR count). The maximum Gasteiger partial charge on any atom is 0.263 e. The summed E-state index contributed by atoms with van der Waals surface area (Å²) in [5, 5.41) is 0. The van der Waals surface area contributed by atoms with Gasteiger partial charge in [0.1, 0.15) is 5.69 Å². The summed E-state index contributed by atoms with van der Waals surface area (Å²) in [5.41, 5.74) is 5.27. The summed E-state index contributed by atoms with van der Waals surface area (Å²) < 4.78 is 24.4. The van der Waals surface area contributed by atoms with Gasteiger partial charge in [-0.3, -0.25) is 4.79 Å². The van der Waals surface area contributed by atoms with Crippen molar-refractivity contribution in [2.24, 2.45) is 5.73 Å². The van der Waals surface area contributed by atoms with Gasteiger partial charge in [-0.2, -0.15) is 0 Å². The Kier molecular flexibility index (Phi) is 3.02. The Morgan fingerprint density at radius 2 is 2.23 bits per heavy atom. The third kappa shape index (κ3) is 2.29. The van der Waals surface area contributed by atoms with Crippen LogP contribution in [0.4, 0.5) is 8.78 Å². The highest BCUT2D eigenvalue weighted by Crippen LogP contribution is 2.19. The summed E-state index contributed by atoms with van der Waals surface area (Å²) >= 11 is 0. The molecule has 0 saturated heterocycles. The van der Waals surface area contributed by atoms with Crippen LogP contribution in [0.2, 0.25) is 0 Å². The second-order valence-corrected chi connectivity index (χ2v) is 2.44. The van der Waals surface area contributed by atoms with Crippen molar-refractivity contribution in [3.05, 3.63) is 29.1 Å². The van der Waals surface area contributed by atoms with Crippen LogP contribution in [0.25, 0.3) is 0 Å². The van der Waals surface area contributed by atoms with Crippen molar-refractivity contribution in [3.63, 3.8) is 0 Å². The SMILES string of the molecule is NCc1cc(C(F)F)cc(C=O)n1. The van der Waals surface area contributed by atoms with Crippen LogP contribution in [-0.4, -0.2) is 11.3 Å². The zero-order chi connectivity index (χ0) is 9.84. The minimum atomic E-state index is -2.60. The van der Waals surface area contributed by atoms with E-state index in [1.807, 2.05) is 0 Å². The molecule has 5 heteroatoms. The van der Waals surface area contributed by atoms with E-state index in [0.29, 0.717) is 12.0 Å². The van der Waals surface area contributed by atoms with Gasteiger partial charge in [0.25, 0.3) is 6.43 Å². The van der Waals surface area contributed by atoms with Gasteiger partial charge >= 0.3 is 0 Å². The smallest absolute Gasteiger partial charge is 0.263 e. The van der Waals surface area contributed by atoms with Crippen molar-refractivity contribution >= 4 is 6.29 Å². The molecule has 70 valence electrons. The van der Waals surface area contributed by atoms with E-state index in [-0.39, 0.29) is 17.8 Å². The van der Waals surface area contributed by atoms with Crippen molar-refractivity contribution < 1.29 is 13.6 Å². The van der Waals surface area contributed by atoms with E-state index in [0.717, 1.165) is 6.07 Å². The number of aldehydes is 1. The van der Waals surface area contributed by atoms with Crippen molar-refractivity contribution in [3.8, 4) is 0 Å². The molecule has 0 spiro atoms. The molecule has 1 aromatic heterocycles. The van der Waals surface area contributed by atoms with Crippen LogP contribution in [0.1, 0.15) is 28.2 Å². The van der Waals surface area contributed by atoms with Crippen molar-refractivity contribution in [2.45, 2.75) is 13.0 Å². The fourth-order valence-corrected chi connectivity index (χ4v) is 0.926. The van der Waals surface area contributed by atoms with Gasteiger partial charge in [-0.05, 0) is 12.1 Å². The van der Waals surface area contributed by atoms with Crippen molar-refractivity contribution in [1.82, 2.24) is 4.98 Å². The zero-order valence-electron chi connectivity index (χ0n) is 6.71. The Morgan fingerprint density at radius 1 is 1.54 bits per heavy atom. The summed E-state index contributed by atoms with van der Waals surface area (Å²) in [6.07, 6.45) is -2.18. The molecule has 0 saturated carbocycles. The van der Waals surface area contributed by atoms with E-state index in [1.165, 1.54) is 6.07 Å². The van der Waals surface area contributed by atoms with Gasteiger partial charge in [-0.1, -0.05) is 0 Å². The molecule has 0 aliphatic rings. The summed E-state index contributed by atoms with van der Waals surface area (Å²) in [5.74, 6) is 0. The minimum Gasteiger partial charge on any atom is -0.325 e. The molecular formula is C8H8F2N2O. The largest absolute Gasteiger partial charge is 0.325 e. The summed E-state index contributed by atoms with van der Waals surface area (Å²) in [4.78, 5) is 14.0. The number of pyridine rings is 1. The number of halogens is 2. The molecule has 0 unspecified atom stereocenters.